The number of hydrogen-bond acceptors (Lipinski definition) is 5. The third-order valence-corrected chi connectivity index (χ3v) is 7.28. The largest absolute Gasteiger partial charge is 0.420 e. The molecule has 1 unspecified atom stereocenters. The third-order valence-electron chi connectivity index (χ3n) is 7.05. The van der Waals surface area contributed by atoms with E-state index in [4.69, 9.17) is 16.3 Å². The molecule has 0 aliphatic carbocycles. The number of rotatable bonds is 3. The Morgan fingerprint density at radius 3 is 2.51 bits per heavy atom. The molecule has 8 nitrogen and oxygen atoms in total. The van der Waals surface area contributed by atoms with Gasteiger partial charge in [-0.2, -0.15) is 9.78 Å². The van der Waals surface area contributed by atoms with Crippen LogP contribution >= 0.6 is 11.6 Å². The zero-order chi connectivity index (χ0) is 26.7. The lowest BCUT2D eigenvalue weighted by Crippen LogP contribution is -2.25. The van der Waals surface area contributed by atoms with Crippen LogP contribution in [-0.4, -0.2) is 30.6 Å². The lowest BCUT2D eigenvalue weighted by Gasteiger charge is -2.25. The maximum Gasteiger partial charge on any atom is 0.298 e. The van der Waals surface area contributed by atoms with Crippen LogP contribution in [-0.2, 0) is 0 Å². The van der Waals surface area contributed by atoms with Gasteiger partial charge in [0.05, 0.1) is 29.1 Å². The first-order valence-corrected chi connectivity index (χ1v) is 12.7. The van der Waals surface area contributed by atoms with Gasteiger partial charge in [0, 0.05) is 21.5 Å². The second-order valence-electron chi connectivity index (χ2n) is 9.35. The van der Waals surface area contributed by atoms with Gasteiger partial charge in [0.1, 0.15) is 5.69 Å². The first kappa shape index (κ1) is 23.2. The summed E-state index contributed by atoms with van der Waals surface area (Å²) < 4.78 is 7.41. The molecule has 0 bridgehead atoms. The van der Waals surface area contributed by atoms with Crippen LogP contribution in [0.4, 0.5) is 0 Å². The fraction of sp³-hybridized carbons (Fsp3) is 0.0667. The van der Waals surface area contributed by atoms with Crippen molar-refractivity contribution in [1.29, 1.82) is 0 Å². The Balaban J connectivity index is 1.46. The monoisotopic (exact) mass is 533 g/mol. The molecule has 7 rings (SSSR count). The average Bonchev–Trinajstić information content (AvgIpc) is 3.50. The second-order valence-corrected chi connectivity index (χ2v) is 9.78. The number of nitrogens with one attached hydrogen (secondary N) is 2. The van der Waals surface area contributed by atoms with Gasteiger partial charge in [-0.15, -0.1) is 0 Å². The van der Waals surface area contributed by atoms with E-state index in [1.165, 1.54) is 11.0 Å². The van der Waals surface area contributed by atoms with E-state index in [1.54, 1.807) is 13.0 Å². The number of fused-ring (bicyclic) bond motifs is 3. The van der Waals surface area contributed by atoms with Crippen LogP contribution in [0.2, 0.25) is 5.02 Å². The molecule has 1 aliphatic heterocycles. The molecule has 39 heavy (non-hydrogen) atoms. The van der Waals surface area contributed by atoms with Gasteiger partial charge in [0.15, 0.2) is 0 Å². The highest BCUT2D eigenvalue weighted by molar-refractivity contribution is 6.31. The Kier molecular flexibility index (Phi) is 5.24. The number of H-pyrrole nitrogens is 2. The van der Waals surface area contributed by atoms with Crippen molar-refractivity contribution < 1.29 is 9.53 Å². The number of hydrogen-bond donors (Lipinski definition) is 2. The van der Waals surface area contributed by atoms with Crippen LogP contribution in [0.1, 0.15) is 38.8 Å². The lowest BCUT2D eigenvalue weighted by molar-refractivity contribution is 0.0931. The lowest BCUT2D eigenvalue weighted by atomic mass is 9.85. The summed E-state index contributed by atoms with van der Waals surface area (Å²) in [4.78, 5) is 37.5. The van der Waals surface area contributed by atoms with Crippen LogP contribution < -0.4 is 10.3 Å². The topological polar surface area (TPSA) is 106 Å². The molecule has 3 aromatic heterocycles. The van der Waals surface area contributed by atoms with Gasteiger partial charge in [-0.1, -0.05) is 72.3 Å². The second kappa shape index (κ2) is 8.82. The molecular formula is C30H20ClN5O3. The smallest absolute Gasteiger partial charge is 0.298 e. The normalized spacial score (nSPS) is 14.1. The summed E-state index contributed by atoms with van der Waals surface area (Å²) in [7, 11) is 0. The molecule has 0 fully saturated rings. The van der Waals surface area contributed by atoms with Crippen molar-refractivity contribution in [3.63, 3.8) is 0 Å². The van der Waals surface area contributed by atoms with E-state index in [0.29, 0.717) is 33.1 Å². The zero-order valence-corrected chi connectivity index (χ0v) is 21.4. The van der Waals surface area contributed by atoms with E-state index in [9.17, 15) is 9.59 Å². The van der Waals surface area contributed by atoms with Gasteiger partial charge in [0.25, 0.3) is 11.5 Å². The number of aryl methyl sites for hydroxylation is 1. The minimum Gasteiger partial charge on any atom is -0.420 e. The van der Waals surface area contributed by atoms with Crippen LogP contribution in [0.5, 0.6) is 11.8 Å². The highest BCUT2D eigenvalue weighted by Gasteiger charge is 2.39. The Bertz CT molecular complexity index is 1960. The van der Waals surface area contributed by atoms with Crippen molar-refractivity contribution in [2.75, 3.05) is 0 Å². The zero-order valence-electron chi connectivity index (χ0n) is 20.6. The summed E-state index contributed by atoms with van der Waals surface area (Å²) in [6.45, 7) is 1.81. The summed E-state index contributed by atoms with van der Waals surface area (Å²) in [5.41, 5.74) is 4.81. The van der Waals surface area contributed by atoms with Gasteiger partial charge in [-0.3, -0.25) is 9.59 Å². The standard InChI is InChI=1S/C30H20ClN5O3/c1-16-22-24(18-10-6-3-7-11-18)25-27(37)32-15-33-28(25)39-30(22)36(35-16)29(38)26-23(17-8-4-2-5-9-17)20-14-19(31)12-13-21(20)34-26/h2-15,24,34H,1H3,(H,32,33,37). The average molecular weight is 534 g/mol. The molecule has 9 heteroatoms. The first-order valence-electron chi connectivity index (χ1n) is 12.3. The highest BCUT2D eigenvalue weighted by atomic mass is 35.5. The minimum atomic E-state index is -0.515. The Morgan fingerprint density at radius 2 is 1.74 bits per heavy atom. The molecule has 3 aromatic carbocycles. The van der Waals surface area contributed by atoms with Gasteiger partial charge in [-0.05, 0) is 36.2 Å². The number of carbonyl (C=O) groups is 1. The molecule has 6 aromatic rings. The first-order chi connectivity index (χ1) is 19.0. The molecule has 0 amide bonds. The SMILES string of the molecule is Cc1nn(C(=O)c2[nH]c3ccc(Cl)cc3c2-c2ccccc2)c2c1C(c1ccccc1)c1c(nc[nH]c1=O)O2. The third kappa shape index (κ3) is 3.60. The number of benzene rings is 3. The van der Waals surface area contributed by atoms with Crippen molar-refractivity contribution in [2.45, 2.75) is 12.8 Å². The summed E-state index contributed by atoms with van der Waals surface area (Å²) in [6.07, 6.45) is 1.29. The van der Waals surface area contributed by atoms with Crippen LogP contribution in [0.15, 0.2) is 90.0 Å². The Labute approximate surface area is 226 Å². The van der Waals surface area contributed by atoms with E-state index in [-0.39, 0.29) is 17.3 Å². The number of aromatic nitrogens is 5. The number of halogens is 1. The fourth-order valence-electron chi connectivity index (χ4n) is 5.37. The van der Waals surface area contributed by atoms with E-state index < -0.39 is 11.8 Å². The maximum atomic E-state index is 14.3. The van der Waals surface area contributed by atoms with Crippen molar-refractivity contribution in [3.8, 4) is 22.9 Å². The van der Waals surface area contributed by atoms with E-state index in [0.717, 1.165) is 22.0 Å². The number of carbonyl (C=O) groups excluding carboxylic acids is 1. The van der Waals surface area contributed by atoms with Gasteiger partial charge < -0.3 is 14.7 Å². The highest BCUT2D eigenvalue weighted by Crippen LogP contribution is 2.46. The molecule has 1 aliphatic rings. The van der Waals surface area contributed by atoms with E-state index in [2.05, 4.69) is 20.1 Å². The number of aromatic amines is 2. The molecule has 0 saturated heterocycles. The predicted octanol–water partition coefficient (Wildman–Crippen LogP) is 6.05. The maximum absolute atomic E-state index is 14.3. The van der Waals surface area contributed by atoms with Crippen molar-refractivity contribution in [2.24, 2.45) is 0 Å². The van der Waals surface area contributed by atoms with Gasteiger partial charge in [0.2, 0.25) is 11.8 Å². The summed E-state index contributed by atoms with van der Waals surface area (Å²) >= 11 is 6.35. The molecule has 2 N–H and O–H groups in total. The van der Waals surface area contributed by atoms with E-state index in [1.807, 2.05) is 72.8 Å². The van der Waals surface area contributed by atoms with Crippen molar-refractivity contribution in [1.82, 2.24) is 24.7 Å². The van der Waals surface area contributed by atoms with Crippen LogP contribution in [0.3, 0.4) is 0 Å². The molecule has 4 heterocycles. The minimum absolute atomic E-state index is 0.140. The Hall–Kier alpha value is -4.95. The van der Waals surface area contributed by atoms with Crippen molar-refractivity contribution in [3.05, 3.63) is 129 Å². The van der Waals surface area contributed by atoms with Crippen LogP contribution in [0, 0.1) is 6.92 Å². The molecule has 0 saturated carbocycles. The van der Waals surface area contributed by atoms with Gasteiger partial charge >= 0.3 is 0 Å². The molecular weight excluding hydrogens is 514 g/mol. The molecule has 190 valence electrons. The fourth-order valence-corrected chi connectivity index (χ4v) is 5.54. The summed E-state index contributed by atoms with van der Waals surface area (Å²) in [6, 6.07) is 24.7. The molecule has 0 radical (unpaired) electrons. The van der Waals surface area contributed by atoms with Crippen LogP contribution in [0.25, 0.3) is 22.0 Å². The molecule has 1 atom stereocenters. The van der Waals surface area contributed by atoms with Gasteiger partial charge in [-0.25, -0.2) is 4.98 Å². The van der Waals surface area contributed by atoms with E-state index >= 15 is 0 Å². The van der Waals surface area contributed by atoms with Crippen molar-refractivity contribution >= 4 is 28.4 Å². The molecule has 0 spiro atoms. The number of nitrogens with zero attached hydrogens (tertiary/aromatic N) is 3. The quantitative estimate of drug-likeness (QED) is 0.287. The Morgan fingerprint density at radius 1 is 1.00 bits per heavy atom. The summed E-state index contributed by atoms with van der Waals surface area (Å²) in [5, 5.41) is 6.01. The predicted molar refractivity (Wildman–Crippen MR) is 148 cm³/mol. The number of ether oxygens (including phenoxy) is 1. The summed E-state index contributed by atoms with van der Waals surface area (Å²) in [5.74, 6) is -0.557.